The summed E-state index contributed by atoms with van der Waals surface area (Å²) in [5.74, 6) is -0.284. The molecule has 136 valence electrons. The van der Waals surface area contributed by atoms with E-state index in [9.17, 15) is 18.5 Å². The number of para-hydroxylation sites is 1. The Morgan fingerprint density at radius 2 is 1.78 bits per heavy atom. The van der Waals surface area contributed by atoms with Gasteiger partial charge in [0.2, 0.25) is 10.0 Å². The van der Waals surface area contributed by atoms with Crippen LogP contribution in [0.3, 0.4) is 0 Å². The summed E-state index contributed by atoms with van der Waals surface area (Å²) in [6.45, 7) is 0. The van der Waals surface area contributed by atoms with Gasteiger partial charge in [-0.15, -0.1) is 0 Å². The molecule has 6 heteroatoms. The van der Waals surface area contributed by atoms with Crippen molar-refractivity contribution in [3.05, 3.63) is 71.4 Å². The highest BCUT2D eigenvalue weighted by Crippen LogP contribution is 2.42. The third kappa shape index (κ3) is 2.66. The van der Waals surface area contributed by atoms with Crippen molar-refractivity contribution in [1.29, 1.82) is 5.26 Å². The standard InChI is InChI=1S/C21H18N2O3S/c1-27(25,26)23-17-10-6-5-9-16(17)19-18(23)11-12-21(14-22,20(19)24)13-15-7-3-2-4-8-15/h2-10H,11-13H2,1H3/t21-/m1/s1. The van der Waals surface area contributed by atoms with Crippen LogP contribution in [0.15, 0.2) is 54.6 Å². The van der Waals surface area contributed by atoms with Crippen molar-refractivity contribution >= 4 is 26.7 Å². The van der Waals surface area contributed by atoms with Crippen LogP contribution in [0.2, 0.25) is 0 Å². The highest BCUT2D eigenvalue weighted by molar-refractivity contribution is 7.89. The first-order valence-electron chi connectivity index (χ1n) is 8.70. The maximum absolute atomic E-state index is 13.5. The van der Waals surface area contributed by atoms with Crippen LogP contribution in [-0.4, -0.2) is 24.4 Å². The Kier molecular flexibility index (Phi) is 3.93. The molecule has 0 bridgehead atoms. The van der Waals surface area contributed by atoms with Crippen LogP contribution in [0.1, 0.15) is 28.0 Å². The predicted octanol–water partition coefficient (Wildman–Crippen LogP) is 3.33. The third-order valence-corrected chi connectivity index (χ3v) is 6.35. The summed E-state index contributed by atoms with van der Waals surface area (Å²) in [7, 11) is -3.57. The number of benzene rings is 2. The van der Waals surface area contributed by atoms with Gasteiger partial charge >= 0.3 is 0 Å². The number of Topliss-reactive ketones (excluding diaryl/α,β-unsaturated/α-hetero) is 1. The number of ketones is 1. The zero-order chi connectivity index (χ0) is 19.2. The van der Waals surface area contributed by atoms with Crippen LogP contribution >= 0.6 is 0 Å². The minimum Gasteiger partial charge on any atom is -0.292 e. The molecule has 27 heavy (non-hydrogen) atoms. The number of carbonyl (C=O) groups is 1. The van der Waals surface area contributed by atoms with E-state index >= 15 is 0 Å². The first-order chi connectivity index (χ1) is 12.9. The maximum atomic E-state index is 13.5. The van der Waals surface area contributed by atoms with Crippen LogP contribution < -0.4 is 0 Å². The minimum absolute atomic E-state index is 0.284. The number of carbonyl (C=O) groups excluding carboxylic acids is 1. The van der Waals surface area contributed by atoms with Crippen molar-refractivity contribution in [3.8, 4) is 6.07 Å². The van der Waals surface area contributed by atoms with Crippen molar-refractivity contribution in [3.63, 3.8) is 0 Å². The SMILES string of the molecule is CS(=O)(=O)n1c2c(c3ccccc31)C(=O)[C@@](C#N)(Cc1ccccc1)CC2. The lowest BCUT2D eigenvalue weighted by Crippen LogP contribution is -2.37. The lowest BCUT2D eigenvalue weighted by Gasteiger charge is -2.30. The molecule has 1 aromatic heterocycles. The summed E-state index contributed by atoms with van der Waals surface area (Å²) in [4.78, 5) is 13.5. The number of hydrogen-bond donors (Lipinski definition) is 0. The average Bonchev–Trinajstić information content (AvgIpc) is 3.00. The van der Waals surface area contributed by atoms with E-state index in [1.165, 1.54) is 3.97 Å². The molecular formula is C21H18N2O3S. The van der Waals surface area contributed by atoms with Gasteiger partial charge in [-0.05, 0) is 30.9 Å². The van der Waals surface area contributed by atoms with E-state index in [-0.39, 0.29) is 5.78 Å². The van der Waals surface area contributed by atoms with Crippen LogP contribution in [0.4, 0.5) is 0 Å². The molecule has 1 heterocycles. The van der Waals surface area contributed by atoms with Gasteiger partial charge in [-0.2, -0.15) is 5.26 Å². The Hall–Kier alpha value is -2.91. The smallest absolute Gasteiger partial charge is 0.236 e. The number of nitrogens with zero attached hydrogens (tertiary/aromatic N) is 2. The van der Waals surface area contributed by atoms with Crippen LogP contribution in [0, 0.1) is 16.7 Å². The largest absolute Gasteiger partial charge is 0.292 e. The van der Waals surface area contributed by atoms with E-state index in [2.05, 4.69) is 6.07 Å². The van der Waals surface area contributed by atoms with E-state index in [0.717, 1.165) is 11.8 Å². The number of aromatic nitrogens is 1. The molecule has 0 radical (unpaired) electrons. The molecule has 4 rings (SSSR count). The average molecular weight is 378 g/mol. The second-order valence-electron chi connectivity index (χ2n) is 7.05. The number of fused-ring (bicyclic) bond motifs is 3. The zero-order valence-corrected chi connectivity index (χ0v) is 15.7. The number of hydrogen-bond acceptors (Lipinski definition) is 4. The zero-order valence-electron chi connectivity index (χ0n) is 14.8. The lowest BCUT2D eigenvalue weighted by atomic mass is 9.69. The molecule has 0 aliphatic heterocycles. The molecule has 0 saturated carbocycles. The normalized spacial score (nSPS) is 19.6. The molecular weight excluding hydrogens is 360 g/mol. The highest BCUT2D eigenvalue weighted by Gasteiger charge is 2.46. The molecule has 2 aromatic carbocycles. The molecule has 0 fully saturated rings. The number of rotatable bonds is 3. The molecule has 3 aromatic rings. The second kappa shape index (κ2) is 6.07. The fourth-order valence-corrected chi connectivity index (χ4v) is 5.17. The lowest BCUT2D eigenvalue weighted by molar-refractivity contribution is 0.0835. The van der Waals surface area contributed by atoms with Gasteiger partial charge in [-0.25, -0.2) is 12.4 Å². The first kappa shape index (κ1) is 17.5. The predicted molar refractivity (Wildman–Crippen MR) is 103 cm³/mol. The Morgan fingerprint density at radius 1 is 1.11 bits per heavy atom. The van der Waals surface area contributed by atoms with Crippen molar-refractivity contribution < 1.29 is 13.2 Å². The third-order valence-electron chi connectivity index (χ3n) is 5.27. The topological polar surface area (TPSA) is 79.9 Å². The van der Waals surface area contributed by atoms with Crippen molar-refractivity contribution in [2.45, 2.75) is 19.3 Å². The van der Waals surface area contributed by atoms with E-state index in [1.807, 2.05) is 30.3 Å². The van der Waals surface area contributed by atoms with Gasteiger partial charge in [0.05, 0.1) is 17.8 Å². The molecule has 0 amide bonds. The molecule has 5 nitrogen and oxygen atoms in total. The summed E-state index contributed by atoms with van der Waals surface area (Å²) in [5, 5.41) is 10.5. The Labute approximate surface area is 157 Å². The van der Waals surface area contributed by atoms with Crippen LogP contribution in [0.25, 0.3) is 10.9 Å². The van der Waals surface area contributed by atoms with Gasteiger partial charge in [0, 0.05) is 16.6 Å². The number of nitriles is 1. The van der Waals surface area contributed by atoms with Crippen LogP contribution in [0.5, 0.6) is 0 Å². The van der Waals surface area contributed by atoms with Gasteiger partial charge in [-0.3, -0.25) is 4.79 Å². The molecule has 0 spiro atoms. The van der Waals surface area contributed by atoms with Crippen molar-refractivity contribution in [2.75, 3.05) is 6.26 Å². The highest BCUT2D eigenvalue weighted by atomic mass is 32.2. The Balaban J connectivity index is 1.94. The molecule has 1 aliphatic carbocycles. The Morgan fingerprint density at radius 3 is 2.44 bits per heavy atom. The summed E-state index contributed by atoms with van der Waals surface area (Å²) in [6, 6.07) is 18.7. The van der Waals surface area contributed by atoms with Crippen molar-refractivity contribution in [1.82, 2.24) is 3.97 Å². The van der Waals surface area contributed by atoms with Gasteiger partial charge in [0.25, 0.3) is 0 Å². The summed E-state index contributed by atoms with van der Waals surface area (Å²) < 4.78 is 26.1. The minimum atomic E-state index is -3.57. The van der Waals surface area contributed by atoms with E-state index in [0.29, 0.717) is 41.4 Å². The molecule has 1 aliphatic rings. The maximum Gasteiger partial charge on any atom is 0.236 e. The molecule has 0 N–H and O–H groups in total. The molecule has 1 atom stereocenters. The van der Waals surface area contributed by atoms with Gasteiger partial charge < -0.3 is 0 Å². The quantitative estimate of drug-likeness (QED) is 0.700. The molecule has 0 unspecified atom stereocenters. The summed E-state index contributed by atoms with van der Waals surface area (Å²) in [5.41, 5.74) is 1.10. The van der Waals surface area contributed by atoms with E-state index < -0.39 is 15.4 Å². The summed E-state index contributed by atoms with van der Waals surface area (Å²) in [6.07, 6.45) is 2.13. The first-order valence-corrected chi connectivity index (χ1v) is 10.5. The van der Waals surface area contributed by atoms with Gasteiger partial charge in [-0.1, -0.05) is 48.5 Å². The van der Waals surface area contributed by atoms with E-state index in [4.69, 9.17) is 0 Å². The molecule has 0 saturated heterocycles. The summed E-state index contributed by atoms with van der Waals surface area (Å²) >= 11 is 0. The Bertz CT molecular complexity index is 1200. The van der Waals surface area contributed by atoms with Crippen LogP contribution in [-0.2, 0) is 22.9 Å². The fraction of sp³-hybridized carbons (Fsp3) is 0.238. The fourth-order valence-electron chi connectivity index (χ4n) is 4.07. The van der Waals surface area contributed by atoms with E-state index in [1.54, 1.807) is 24.3 Å². The van der Waals surface area contributed by atoms with Gasteiger partial charge in [0.1, 0.15) is 5.41 Å². The second-order valence-corrected chi connectivity index (χ2v) is 8.88. The monoisotopic (exact) mass is 378 g/mol. The van der Waals surface area contributed by atoms with Crippen molar-refractivity contribution in [2.24, 2.45) is 5.41 Å². The van der Waals surface area contributed by atoms with Gasteiger partial charge in [0.15, 0.2) is 5.78 Å².